The van der Waals surface area contributed by atoms with Gasteiger partial charge in [0.1, 0.15) is 0 Å². The molecule has 0 unspecified atom stereocenters. The number of carboxylic acids is 1. The van der Waals surface area contributed by atoms with Gasteiger partial charge in [0.15, 0.2) is 5.78 Å². The number of aromatic carboxylic acids is 1. The summed E-state index contributed by atoms with van der Waals surface area (Å²) < 4.78 is 0. The minimum absolute atomic E-state index is 0. The number of carboxylic acid groups (broad SMARTS) is 1. The number of carbonyl (C=O) groups excluding carboxylic acids is 1. The molecular formula is C14H17NaO3. The van der Waals surface area contributed by atoms with Crippen molar-refractivity contribution in [3.63, 3.8) is 0 Å². The maximum Gasteiger partial charge on any atom is 1.00 e. The van der Waals surface area contributed by atoms with E-state index in [4.69, 9.17) is 5.11 Å². The van der Waals surface area contributed by atoms with E-state index in [1.54, 1.807) is 18.2 Å². The Balaban J connectivity index is 0.00000162. The number of hydrogen-bond acceptors (Lipinski definition) is 2. The minimum atomic E-state index is -0.958. The standard InChI is InChI=1S/C14H16O3.Na.H/c1-13(2)9-6-5-8(11(15)16)7-10(9)14(3,4)12(13)17;;/h5-7H,1-4H3,(H,15,16);;/q;+1;-1. The Morgan fingerprint density at radius 1 is 1.11 bits per heavy atom. The van der Waals surface area contributed by atoms with Crippen LogP contribution in [-0.2, 0) is 15.6 Å². The van der Waals surface area contributed by atoms with Gasteiger partial charge in [0.2, 0.25) is 0 Å². The molecule has 0 saturated carbocycles. The van der Waals surface area contributed by atoms with Crippen molar-refractivity contribution < 1.29 is 45.7 Å². The summed E-state index contributed by atoms with van der Waals surface area (Å²) in [5, 5.41) is 9.00. The second-order valence-corrected chi connectivity index (χ2v) is 5.64. The average molecular weight is 256 g/mol. The van der Waals surface area contributed by atoms with E-state index in [1.807, 2.05) is 27.7 Å². The summed E-state index contributed by atoms with van der Waals surface area (Å²) in [6.07, 6.45) is 0. The van der Waals surface area contributed by atoms with E-state index in [0.717, 1.165) is 11.1 Å². The Morgan fingerprint density at radius 3 is 2.11 bits per heavy atom. The molecule has 0 aliphatic heterocycles. The SMILES string of the molecule is CC1(C)C(=O)C(C)(C)c2cc(C(=O)O)ccc21.[H-].[Na+]. The zero-order valence-electron chi connectivity index (χ0n) is 12.5. The monoisotopic (exact) mass is 256 g/mol. The molecule has 0 spiro atoms. The summed E-state index contributed by atoms with van der Waals surface area (Å²) >= 11 is 0. The summed E-state index contributed by atoms with van der Waals surface area (Å²) in [6.45, 7) is 7.50. The molecule has 1 aliphatic carbocycles. The largest absolute Gasteiger partial charge is 1.00 e. The van der Waals surface area contributed by atoms with E-state index in [1.165, 1.54) is 0 Å². The number of hydrogen-bond donors (Lipinski definition) is 1. The van der Waals surface area contributed by atoms with Gasteiger partial charge in [-0.05, 0) is 51.0 Å². The molecule has 0 amide bonds. The first-order valence-corrected chi connectivity index (χ1v) is 5.62. The summed E-state index contributed by atoms with van der Waals surface area (Å²) in [4.78, 5) is 23.3. The Hall–Kier alpha value is -0.640. The molecule has 0 saturated heterocycles. The quantitative estimate of drug-likeness (QED) is 0.698. The van der Waals surface area contributed by atoms with Gasteiger partial charge in [0.05, 0.1) is 5.56 Å². The molecule has 0 bridgehead atoms. The van der Waals surface area contributed by atoms with Gasteiger partial charge < -0.3 is 6.53 Å². The van der Waals surface area contributed by atoms with Crippen LogP contribution >= 0.6 is 0 Å². The van der Waals surface area contributed by atoms with Crippen LogP contribution in [0.4, 0.5) is 0 Å². The maximum atomic E-state index is 12.3. The van der Waals surface area contributed by atoms with Crippen LogP contribution in [0.5, 0.6) is 0 Å². The molecule has 3 nitrogen and oxygen atoms in total. The number of fused-ring (bicyclic) bond motifs is 1. The first-order chi connectivity index (χ1) is 7.69. The van der Waals surface area contributed by atoms with Crippen molar-refractivity contribution in [2.75, 3.05) is 0 Å². The van der Waals surface area contributed by atoms with Crippen molar-refractivity contribution >= 4 is 11.8 Å². The third-order valence-electron chi connectivity index (χ3n) is 3.75. The van der Waals surface area contributed by atoms with Gasteiger partial charge in [-0.1, -0.05) is 6.07 Å². The maximum absolute atomic E-state index is 12.3. The molecule has 0 atom stereocenters. The van der Waals surface area contributed by atoms with E-state index < -0.39 is 16.8 Å². The molecule has 0 radical (unpaired) electrons. The van der Waals surface area contributed by atoms with Gasteiger partial charge in [-0.2, -0.15) is 0 Å². The summed E-state index contributed by atoms with van der Waals surface area (Å²) in [6, 6.07) is 4.97. The van der Waals surface area contributed by atoms with Gasteiger partial charge in [-0.25, -0.2) is 4.79 Å². The predicted octanol–water partition coefficient (Wildman–Crippen LogP) is -0.361. The molecule has 1 aromatic carbocycles. The molecule has 1 aliphatic rings. The average Bonchev–Trinajstić information content (AvgIpc) is 2.38. The van der Waals surface area contributed by atoms with Crippen LogP contribution in [0.3, 0.4) is 0 Å². The van der Waals surface area contributed by atoms with Gasteiger partial charge in [-0.15, -0.1) is 0 Å². The molecular weight excluding hydrogens is 239 g/mol. The molecule has 1 N–H and O–H groups in total. The Bertz CT molecular complexity index is 535. The van der Waals surface area contributed by atoms with Gasteiger partial charge in [0.25, 0.3) is 0 Å². The molecule has 92 valence electrons. The zero-order valence-corrected chi connectivity index (χ0v) is 13.5. The number of rotatable bonds is 1. The molecule has 2 rings (SSSR count). The molecule has 0 heterocycles. The van der Waals surface area contributed by atoms with Gasteiger partial charge in [-0.3, -0.25) is 4.79 Å². The number of ketones is 1. The zero-order chi connectivity index (χ0) is 13.0. The normalized spacial score (nSPS) is 19.0. The predicted molar refractivity (Wildman–Crippen MR) is 65.6 cm³/mol. The fraction of sp³-hybridized carbons (Fsp3) is 0.429. The molecule has 18 heavy (non-hydrogen) atoms. The van der Waals surface area contributed by atoms with Crippen molar-refractivity contribution in [1.29, 1.82) is 0 Å². The third-order valence-corrected chi connectivity index (χ3v) is 3.75. The van der Waals surface area contributed by atoms with Crippen molar-refractivity contribution in [3.05, 3.63) is 34.9 Å². The summed E-state index contributed by atoms with van der Waals surface area (Å²) in [5.41, 5.74) is 0.882. The van der Waals surface area contributed by atoms with Crippen LogP contribution in [-0.4, -0.2) is 16.9 Å². The van der Waals surface area contributed by atoms with E-state index in [9.17, 15) is 9.59 Å². The van der Waals surface area contributed by atoms with Crippen LogP contribution in [0.1, 0.15) is 50.6 Å². The second-order valence-electron chi connectivity index (χ2n) is 5.64. The van der Waals surface area contributed by atoms with Gasteiger partial charge >= 0.3 is 35.5 Å². The summed E-state index contributed by atoms with van der Waals surface area (Å²) in [5.74, 6) is -0.816. The first-order valence-electron chi connectivity index (χ1n) is 5.62. The van der Waals surface area contributed by atoms with E-state index in [-0.39, 0.29) is 42.3 Å². The van der Waals surface area contributed by atoms with Crippen LogP contribution in [0.25, 0.3) is 0 Å². The van der Waals surface area contributed by atoms with Crippen molar-refractivity contribution in [2.24, 2.45) is 0 Å². The summed E-state index contributed by atoms with van der Waals surface area (Å²) in [7, 11) is 0. The van der Waals surface area contributed by atoms with E-state index in [2.05, 4.69) is 0 Å². The first kappa shape index (κ1) is 15.4. The molecule has 1 aromatic rings. The van der Waals surface area contributed by atoms with Crippen LogP contribution in [0, 0.1) is 0 Å². The van der Waals surface area contributed by atoms with Gasteiger partial charge in [0, 0.05) is 10.8 Å². The van der Waals surface area contributed by atoms with E-state index in [0.29, 0.717) is 0 Å². The third kappa shape index (κ3) is 1.94. The smallest absolute Gasteiger partial charge is 1.00 e. The Morgan fingerprint density at radius 2 is 1.61 bits per heavy atom. The van der Waals surface area contributed by atoms with Crippen molar-refractivity contribution in [2.45, 2.75) is 38.5 Å². The number of carbonyl (C=O) groups is 2. The van der Waals surface area contributed by atoms with Crippen molar-refractivity contribution in [3.8, 4) is 0 Å². The molecule has 0 aromatic heterocycles. The minimum Gasteiger partial charge on any atom is -1.00 e. The second kappa shape index (κ2) is 4.48. The Kier molecular flexibility index (Phi) is 3.84. The fourth-order valence-electron chi connectivity index (χ4n) is 2.77. The van der Waals surface area contributed by atoms with Crippen LogP contribution in [0.2, 0.25) is 0 Å². The molecule has 0 fully saturated rings. The van der Waals surface area contributed by atoms with Crippen molar-refractivity contribution in [1.82, 2.24) is 0 Å². The topological polar surface area (TPSA) is 54.4 Å². The number of Topliss-reactive ketones (excluding diaryl/α,β-unsaturated/α-hetero) is 1. The Labute approximate surface area is 130 Å². The molecule has 4 heteroatoms. The van der Waals surface area contributed by atoms with Crippen LogP contribution in [0.15, 0.2) is 18.2 Å². The fourth-order valence-corrected chi connectivity index (χ4v) is 2.77. The van der Waals surface area contributed by atoms with E-state index >= 15 is 0 Å². The number of benzene rings is 1. The van der Waals surface area contributed by atoms with Crippen LogP contribution < -0.4 is 29.6 Å².